The van der Waals surface area contributed by atoms with Gasteiger partial charge in [-0.25, -0.2) is 18.4 Å². The molecule has 0 bridgehead atoms. The van der Waals surface area contributed by atoms with Crippen LogP contribution in [0.5, 0.6) is 0 Å². The fourth-order valence-corrected chi connectivity index (χ4v) is 2.53. The van der Waals surface area contributed by atoms with Gasteiger partial charge in [0.2, 0.25) is 0 Å². The Bertz CT molecular complexity index is 901. The van der Waals surface area contributed by atoms with Gasteiger partial charge in [0.15, 0.2) is 6.61 Å². The van der Waals surface area contributed by atoms with Gasteiger partial charge < -0.3 is 19.8 Å². The van der Waals surface area contributed by atoms with E-state index >= 15 is 0 Å². The fourth-order valence-electron chi connectivity index (χ4n) is 2.53. The number of esters is 2. The van der Waals surface area contributed by atoms with Gasteiger partial charge in [0.1, 0.15) is 23.0 Å². The van der Waals surface area contributed by atoms with Crippen molar-refractivity contribution in [2.75, 3.05) is 11.9 Å². The Kier molecular flexibility index (Phi) is 6.50. The van der Waals surface area contributed by atoms with E-state index in [1.54, 1.807) is 20.8 Å². The van der Waals surface area contributed by atoms with Gasteiger partial charge in [0.25, 0.3) is 5.91 Å². The molecule has 1 aromatic carbocycles. The number of nitrogens with one attached hydrogen (secondary N) is 2. The van der Waals surface area contributed by atoms with Crippen LogP contribution in [0, 0.1) is 25.5 Å². The molecule has 0 radical (unpaired) electrons. The SMILES string of the molecule is Cc1[nH]c(C(=O)OCC(=O)Nc2c(F)cccc2F)c(C)c1C(=O)OC(C)C. The third kappa shape index (κ3) is 4.73. The maximum atomic E-state index is 13.5. The second-order valence-corrected chi connectivity index (χ2v) is 6.30. The van der Waals surface area contributed by atoms with Crippen molar-refractivity contribution in [2.24, 2.45) is 0 Å². The highest BCUT2D eigenvalue weighted by Crippen LogP contribution is 2.21. The molecule has 0 aliphatic heterocycles. The van der Waals surface area contributed by atoms with Gasteiger partial charge in [-0.05, 0) is 45.4 Å². The lowest BCUT2D eigenvalue weighted by Crippen LogP contribution is -2.22. The highest BCUT2D eigenvalue weighted by molar-refractivity contribution is 6.00. The monoisotopic (exact) mass is 394 g/mol. The molecule has 1 heterocycles. The van der Waals surface area contributed by atoms with Crippen LogP contribution in [0.1, 0.15) is 46.0 Å². The minimum Gasteiger partial charge on any atom is -0.459 e. The largest absolute Gasteiger partial charge is 0.459 e. The van der Waals surface area contributed by atoms with Crippen LogP contribution in [-0.2, 0) is 14.3 Å². The van der Waals surface area contributed by atoms with Gasteiger partial charge in [-0.15, -0.1) is 0 Å². The lowest BCUT2D eigenvalue weighted by atomic mass is 10.1. The number of benzene rings is 1. The summed E-state index contributed by atoms with van der Waals surface area (Å²) in [6.07, 6.45) is -0.334. The number of carbonyl (C=O) groups is 3. The first-order valence-electron chi connectivity index (χ1n) is 8.43. The first-order valence-corrected chi connectivity index (χ1v) is 8.43. The van der Waals surface area contributed by atoms with Gasteiger partial charge in [-0.2, -0.15) is 0 Å². The second kappa shape index (κ2) is 8.64. The van der Waals surface area contributed by atoms with Crippen LogP contribution in [0.25, 0.3) is 0 Å². The average Bonchev–Trinajstić information content (AvgIpc) is 2.90. The minimum absolute atomic E-state index is 0.0157. The van der Waals surface area contributed by atoms with E-state index in [1.807, 2.05) is 5.32 Å². The summed E-state index contributed by atoms with van der Waals surface area (Å²) in [5.74, 6) is -4.31. The van der Waals surface area contributed by atoms with E-state index in [0.717, 1.165) is 18.2 Å². The van der Waals surface area contributed by atoms with Crippen molar-refractivity contribution in [3.8, 4) is 0 Å². The molecule has 7 nitrogen and oxygen atoms in total. The summed E-state index contributed by atoms with van der Waals surface area (Å²) in [5, 5.41) is 2.01. The highest BCUT2D eigenvalue weighted by Gasteiger charge is 2.25. The van der Waals surface area contributed by atoms with Crippen LogP contribution >= 0.6 is 0 Å². The minimum atomic E-state index is -0.955. The van der Waals surface area contributed by atoms with Crippen molar-refractivity contribution in [2.45, 2.75) is 33.8 Å². The van der Waals surface area contributed by atoms with Gasteiger partial charge in [-0.1, -0.05) is 6.07 Å². The summed E-state index contributed by atoms with van der Waals surface area (Å²) in [4.78, 5) is 38.9. The van der Waals surface area contributed by atoms with Crippen LogP contribution in [0.15, 0.2) is 18.2 Å². The third-order valence-corrected chi connectivity index (χ3v) is 3.75. The molecule has 0 saturated carbocycles. The molecule has 0 spiro atoms. The Labute approximate surface area is 160 Å². The smallest absolute Gasteiger partial charge is 0.355 e. The molecule has 1 aromatic heterocycles. The maximum absolute atomic E-state index is 13.5. The zero-order chi connectivity index (χ0) is 21.0. The van der Waals surface area contributed by atoms with Crippen LogP contribution < -0.4 is 5.32 Å². The molecule has 0 fully saturated rings. The number of aromatic amines is 1. The topological polar surface area (TPSA) is 97.5 Å². The van der Waals surface area contributed by atoms with Crippen LogP contribution in [0.4, 0.5) is 14.5 Å². The average molecular weight is 394 g/mol. The second-order valence-electron chi connectivity index (χ2n) is 6.30. The molecule has 2 rings (SSSR count). The molecule has 28 heavy (non-hydrogen) atoms. The molecule has 1 amide bonds. The van der Waals surface area contributed by atoms with Crippen molar-refractivity contribution in [3.05, 3.63) is 52.3 Å². The summed E-state index contributed by atoms with van der Waals surface area (Å²) in [5.41, 5.74) is 0.285. The van der Waals surface area contributed by atoms with E-state index in [-0.39, 0.29) is 17.4 Å². The molecule has 2 aromatic rings. The van der Waals surface area contributed by atoms with E-state index in [2.05, 4.69) is 4.98 Å². The summed E-state index contributed by atoms with van der Waals surface area (Å²) in [7, 11) is 0. The number of anilines is 1. The van der Waals surface area contributed by atoms with E-state index < -0.39 is 41.8 Å². The van der Waals surface area contributed by atoms with Crippen LogP contribution in [0.3, 0.4) is 0 Å². The predicted octanol–water partition coefficient (Wildman–Crippen LogP) is 3.27. The molecule has 0 aliphatic carbocycles. The van der Waals surface area contributed by atoms with Crippen molar-refractivity contribution < 1.29 is 32.6 Å². The molecule has 0 saturated heterocycles. The van der Waals surface area contributed by atoms with Gasteiger partial charge in [0.05, 0.1) is 11.7 Å². The third-order valence-electron chi connectivity index (χ3n) is 3.75. The molecule has 0 unspecified atom stereocenters. The standard InChI is InChI=1S/C19H20F2N2O5/c1-9(2)28-18(25)15-10(3)16(22-11(15)4)19(26)27-8-14(24)23-17-12(20)6-5-7-13(17)21/h5-7,9,22H,8H2,1-4H3,(H,23,24). The summed E-state index contributed by atoms with van der Waals surface area (Å²) < 4.78 is 37.1. The quantitative estimate of drug-likeness (QED) is 0.733. The lowest BCUT2D eigenvalue weighted by Gasteiger charge is -2.09. The fraction of sp³-hybridized carbons (Fsp3) is 0.316. The van der Waals surface area contributed by atoms with E-state index in [4.69, 9.17) is 9.47 Å². The number of amides is 1. The summed E-state index contributed by atoms with van der Waals surface area (Å²) >= 11 is 0. The van der Waals surface area contributed by atoms with Crippen LogP contribution in [0.2, 0.25) is 0 Å². The first-order chi connectivity index (χ1) is 13.1. The predicted molar refractivity (Wildman–Crippen MR) is 96.1 cm³/mol. The number of ether oxygens (including phenoxy) is 2. The number of hydrogen-bond acceptors (Lipinski definition) is 5. The number of halogens is 2. The Morgan fingerprint density at radius 1 is 1.11 bits per heavy atom. The molecular formula is C19H20F2N2O5. The van der Waals surface area contributed by atoms with E-state index in [9.17, 15) is 23.2 Å². The molecular weight excluding hydrogens is 374 g/mol. The number of hydrogen-bond donors (Lipinski definition) is 2. The van der Waals surface area contributed by atoms with Crippen molar-refractivity contribution in [1.29, 1.82) is 0 Å². The van der Waals surface area contributed by atoms with Crippen molar-refractivity contribution in [1.82, 2.24) is 4.98 Å². The van der Waals surface area contributed by atoms with E-state index in [1.165, 1.54) is 6.92 Å². The van der Waals surface area contributed by atoms with Crippen molar-refractivity contribution in [3.63, 3.8) is 0 Å². The van der Waals surface area contributed by atoms with Gasteiger partial charge in [-0.3, -0.25) is 4.79 Å². The Balaban J connectivity index is 2.05. The van der Waals surface area contributed by atoms with E-state index in [0.29, 0.717) is 11.3 Å². The Morgan fingerprint density at radius 2 is 1.71 bits per heavy atom. The van der Waals surface area contributed by atoms with Gasteiger partial charge in [0, 0.05) is 5.69 Å². The number of aryl methyl sites for hydroxylation is 1. The number of carbonyl (C=O) groups excluding carboxylic acids is 3. The number of rotatable bonds is 6. The summed E-state index contributed by atoms with van der Waals surface area (Å²) in [6, 6.07) is 3.11. The molecule has 9 heteroatoms. The Hall–Kier alpha value is -3.23. The first kappa shape index (κ1) is 21.1. The lowest BCUT2D eigenvalue weighted by molar-refractivity contribution is -0.119. The molecule has 0 aliphatic rings. The number of para-hydroxylation sites is 1. The maximum Gasteiger partial charge on any atom is 0.355 e. The highest BCUT2D eigenvalue weighted by atomic mass is 19.1. The summed E-state index contributed by atoms with van der Waals surface area (Å²) in [6.45, 7) is 5.75. The molecule has 150 valence electrons. The zero-order valence-electron chi connectivity index (χ0n) is 15.8. The van der Waals surface area contributed by atoms with Crippen LogP contribution in [-0.4, -0.2) is 35.5 Å². The number of aromatic nitrogens is 1. The number of H-pyrrole nitrogens is 1. The Morgan fingerprint density at radius 3 is 2.29 bits per heavy atom. The molecule has 2 N–H and O–H groups in total. The zero-order valence-corrected chi connectivity index (χ0v) is 15.8. The molecule has 0 atom stereocenters. The normalized spacial score (nSPS) is 10.7. The van der Waals surface area contributed by atoms with Crippen molar-refractivity contribution >= 4 is 23.5 Å². The van der Waals surface area contributed by atoms with Gasteiger partial charge >= 0.3 is 11.9 Å².